The first-order valence-corrected chi connectivity index (χ1v) is 32.7. The van der Waals surface area contributed by atoms with Crippen molar-refractivity contribution in [3.8, 4) is 68.2 Å². The van der Waals surface area contributed by atoms with E-state index in [1.165, 1.54) is 21.2 Å². The molecule has 462 valence electrons. The maximum absolute atomic E-state index is 6.26. The van der Waals surface area contributed by atoms with E-state index in [4.69, 9.17) is 37.9 Å². The van der Waals surface area contributed by atoms with Crippen molar-refractivity contribution in [2.75, 3.05) is 76.5 Å². The van der Waals surface area contributed by atoms with Crippen LogP contribution in [0.15, 0.2) is 267 Å². The van der Waals surface area contributed by atoms with E-state index in [1.807, 2.05) is 146 Å². The van der Waals surface area contributed by atoms with Crippen LogP contribution in [0.4, 0.5) is 68.2 Å². The summed E-state index contributed by atoms with van der Waals surface area (Å²) in [4.78, 5) is 9.05. The Bertz CT molecular complexity index is 4000. The van der Waals surface area contributed by atoms with E-state index >= 15 is 0 Å². The second-order valence-corrected chi connectivity index (χ2v) is 26.0. The fraction of sp³-hybridized carbons (Fsp3) is 0.100. The summed E-state index contributed by atoms with van der Waals surface area (Å²) < 4.78 is 50.0. The normalized spacial score (nSPS) is 12.3. The van der Waals surface area contributed by atoms with Crippen molar-refractivity contribution in [2.45, 2.75) is 0 Å². The molecule has 0 saturated carbocycles. The molecule has 12 aromatic carbocycles. The van der Waals surface area contributed by atoms with Crippen LogP contribution in [0.3, 0.4) is 0 Å². The van der Waals surface area contributed by atoms with Gasteiger partial charge in [0.1, 0.15) is 0 Å². The molecule has 12 nitrogen and oxygen atoms in total. The van der Waals surface area contributed by atoms with E-state index in [9.17, 15) is 0 Å². The number of methoxy groups -OCH3 is 8. The summed E-state index contributed by atoms with van der Waals surface area (Å²) in [6.07, 6.45) is 0. The molecule has 14 rings (SSSR count). The molecule has 0 saturated heterocycles. The fourth-order valence-electron chi connectivity index (χ4n) is 13.9. The Morgan fingerprint density at radius 3 is 0.495 bits per heavy atom. The molecule has 0 amide bonds. The van der Waals surface area contributed by atoms with Gasteiger partial charge < -0.3 is 0 Å². The molecule has 0 aliphatic carbocycles. The Morgan fingerprint density at radius 1 is 0.194 bits per heavy atom. The van der Waals surface area contributed by atoms with Gasteiger partial charge in [-0.1, -0.05) is 0 Å². The van der Waals surface area contributed by atoms with Crippen LogP contribution >= 0.6 is 7.26 Å². The molecule has 0 fully saturated rings. The molecule has 2 aliphatic rings. The van der Waals surface area contributed by atoms with Crippen LogP contribution in [-0.2, 0) is 0 Å². The van der Waals surface area contributed by atoms with E-state index in [2.05, 4.69) is 141 Å². The maximum atomic E-state index is 6.26. The zero-order valence-electron chi connectivity index (χ0n) is 53.0. The van der Waals surface area contributed by atoms with E-state index in [0.29, 0.717) is 46.0 Å². The Kier molecular flexibility index (Phi) is 16.0. The molecule has 0 N–H and O–H groups in total. The van der Waals surface area contributed by atoms with E-state index in [0.717, 1.165) is 90.5 Å². The number of hydrogen-bond acceptors (Lipinski definition) is 12. The minimum atomic E-state index is -3.80. The number of hydrogen-bond donors (Lipinski definition) is 0. The molecule has 1 spiro atoms. The van der Waals surface area contributed by atoms with Crippen LogP contribution in [0.5, 0.6) is 46.0 Å². The first-order valence-electron chi connectivity index (χ1n) is 30.7. The zero-order valence-corrected chi connectivity index (χ0v) is 54.0. The quantitative estimate of drug-likeness (QED) is 0.0681. The Labute approximate surface area is 543 Å². The second-order valence-electron chi connectivity index (χ2n) is 22.4. The Balaban J connectivity index is 1.15. The number of rotatable bonds is 20. The number of anilines is 12. The van der Waals surface area contributed by atoms with Gasteiger partial charge >= 0.3 is 546 Å². The molecule has 0 aromatic heterocycles. The van der Waals surface area contributed by atoms with Gasteiger partial charge in [0.05, 0.1) is 0 Å². The van der Waals surface area contributed by atoms with Crippen molar-refractivity contribution in [2.24, 2.45) is 0 Å². The van der Waals surface area contributed by atoms with Gasteiger partial charge in [0.25, 0.3) is 0 Å². The van der Waals surface area contributed by atoms with Crippen molar-refractivity contribution >= 4 is 96.7 Å². The van der Waals surface area contributed by atoms with Crippen LogP contribution in [0.25, 0.3) is 22.3 Å². The van der Waals surface area contributed by atoms with Crippen LogP contribution in [0.2, 0.25) is 0 Å². The van der Waals surface area contributed by atoms with Gasteiger partial charge in [-0.15, -0.1) is 0 Å². The van der Waals surface area contributed by atoms with E-state index in [-0.39, 0.29) is 0 Å². The van der Waals surface area contributed by atoms with Crippen molar-refractivity contribution in [3.63, 3.8) is 0 Å². The number of benzene rings is 12. The monoisotopic (exact) mass is 1240 g/mol. The molecular weight excluding hydrogens is 1180 g/mol. The molecule has 0 radical (unpaired) electrons. The second kappa shape index (κ2) is 25.2. The number of fused-ring (bicyclic) bond motifs is 10. The van der Waals surface area contributed by atoms with Crippen molar-refractivity contribution < 1.29 is 37.9 Å². The first-order chi connectivity index (χ1) is 45.8. The number of para-hydroxylation sites is 16. The fourth-order valence-corrected chi connectivity index (χ4v) is 19.6. The zero-order chi connectivity index (χ0) is 63.7. The summed E-state index contributed by atoms with van der Waals surface area (Å²) >= 11 is 0. The third kappa shape index (κ3) is 9.89. The third-order valence-corrected chi connectivity index (χ3v) is 22.7. The van der Waals surface area contributed by atoms with Gasteiger partial charge in [-0.05, 0) is 0 Å². The first kappa shape index (κ1) is 59.3. The molecule has 93 heavy (non-hydrogen) atoms. The standard InChI is InChI=1S/C80H69N4O8P/c1-85-69-33-17-9-25-61(69)81(62-26-10-18-34-70(62)86-2)53-41-45-57-58-46-42-54(82(63-27-11-19-35-71(63)87-3)64-28-12-20-36-72(64)88-4)50-78(58)93(77(57)49-53)79-51-55(83(65-29-13-21-37-73(65)89-5)66-30-14-22-38-74(66)90-6)43-47-59(79)60-48-44-56(52-80(60)93)84(67-31-15-23-39-75(67)91-7)68-32-16-24-40-76(68)92-8/h9-52,93H,1-8H3. The van der Waals surface area contributed by atoms with Gasteiger partial charge in [0.15, 0.2) is 0 Å². The molecule has 13 heteroatoms. The Hall–Kier alpha value is -11.3. The average molecular weight is 1250 g/mol. The van der Waals surface area contributed by atoms with Crippen LogP contribution in [0.1, 0.15) is 0 Å². The summed E-state index contributed by atoms with van der Waals surface area (Å²) in [6, 6.07) is 93.2. The summed E-state index contributed by atoms with van der Waals surface area (Å²) in [7, 11) is 9.96. The molecular formula is C80H69N4O8P. The van der Waals surface area contributed by atoms with E-state index < -0.39 is 7.26 Å². The predicted octanol–water partition coefficient (Wildman–Crippen LogP) is 17.9. The predicted molar refractivity (Wildman–Crippen MR) is 382 cm³/mol. The van der Waals surface area contributed by atoms with Crippen LogP contribution in [0, 0.1) is 0 Å². The third-order valence-electron chi connectivity index (χ3n) is 17.9. The SMILES string of the molecule is COc1ccccc1N(c1ccc2c(c1)[PH]1(c3cc(N(c4ccccc4OC)c4ccccc4OC)ccc3-2)c2cc(N(c3ccccc3OC)c3ccccc3OC)ccc2-c2ccc(N(c3ccccc3OC)c3ccccc3OC)cc21)c1ccccc1OC. The summed E-state index contributed by atoms with van der Waals surface area (Å²) in [5.41, 5.74) is 14.8. The van der Waals surface area contributed by atoms with Crippen molar-refractivity contribution in [1.82, 2.24) is 0 Å². The van der Waals surface area contributed by atoms with Crippen molar-refractivity contribution in [1.29, 1.82) is 0 Å². The molecule has 0 bridgehead atoms. The molecule has 0 atom stereocenters. The summed E-state index contributed by atoms with van der Waals surface area (Å²) in [5, 5.41) is 4.72. The number of nitrogens with zero attached hydrogens (tertiary/aromatic N) is 4. The molecule has 2 aliphatic heterocycles. The van der Waals surface area contributed by atoms with Gasteiger partial charge in [-0.25, -0.2) is 0 Å². The van der Waals surface area contributed by atoms with Gasteiger partial charge in [-0.2, -0.15) is 0 Å². The minimum absolute atomic E-state index is 0.697. The molecule has 12 aromatic rings. The van der Waals surface area contributed by atoms with Crippen molar-refractivity contribution in [3.05, 3.63) is 267 Å². The van der Waals surface area contributed by atoms with Crippen LogP contribution < -0.4 is 78.7 Å². The topological polar surface area (TPSA) is 86.8 Å². The van der Waals surface area contributed by atoms with Gasteiger partial charge in [0, 0.05) is 0 Å². The average Bonchev–Trinajstić information content (AvgIpc) is 1.51. The molecule has 0 unspecified atom stereocenters. The summed E-state index contributed by atoms with van der Waals surface area (Å²) in [5.74, 6) is 5.58. The van der Waals surface area contributed by atoms with Gasteiger partial charge in [0.2, 0.25) is 0 Å². The Morgan fingerprint density at radius 2 is 0.344 bits per heavy atom. The van der Waals surface area contributed by atoms with E-state index in [1.54, 1.807) is 56.9 Å². The summed E-state index contributed by atoms with van der Waals surface area (Å²) in [6.45, 7) is 0. The van der Waals surface area contributed by atoms with Crippen LogP contribution in [-0.4, -0.2) is 56.9 Å². The number of ether oxygens (including phenoxy) is 8. The molecule has 2 heterocycles. The van der Waals surface area contributed by atoms with Gasteiger partial charge in [-0.3, -0.25) is 0 Å².